The van der Waals surface area contributed by atoms with Gasteiger partial charge in [0.1, 0.15) is 11.6 Å². The van der Waals surface area contributed by atoms with Gasteiger partial charge in [0, 0.05) is 48.2 Å². The first-order valence-corrected chi connectivity index (χ1v) is 10.1. The molecule has 0 radical (unpaired) electrons. The highest BCUT2D eigenvalue weighted by molar-refractivity contribution is 7.80. The number of piperazine rings is 1. The first-order chi connectivity index (χ1) is 14.9. The predicted molar refractivity (Wildman–Crippen MR) is 115 cm³/mol. The van der Waals surface area contributed by atoms with E-state index in [9.17, 15) is 18.8 Å². The second kappa shape index (κ2) is 8.43. The lowest BCUT2D eigenvalue weighted by atomic mass is 10.1. The van der Waals surface area contributed by atoms with Crippen LogP contribution in [0, 0.1) is 5.82 Å². The van der Waals surface area contributed by atoms with Crippen molar-refractivity contribution in [1.82, 2.24) is 14.8 Å². The molecule has 0 spiro atoms. The number of aromatic amines is 1. The van der Waals surface area contributed by atoms with Crippen molar-refractivity contribution < 1.29 is 23.5 Å². The number of methoxy groups -OCH3 is 1. The minimum Gasteiger partial charge on any atom is -0.497 e. The Morgan fingerprint density at radius 3 is 2.42 bits per heavy atom. The molecular weight excluding hydrogens is 421 g/mol. The summed E-state index contributed by atoms with van der Waals surface area (Å²) in [6.07, 6.45) is 1.35. The number of amides is 2. The molecule has 160 valence electrons. The molecule has 1 aliphatic heterocycles. The van der Waals surface area contributed by atoms with Crippen LogP contribution in [0.3, 0.4) is 0 Å². The second-order valence-electron chi connectivity index (χ2n) is 7.16. The summed E-state index contributed by atoms with van der Waals surface area (Å²) >= 11 is 4.36. The van der Waals surface area contributed by atoms with Gasteiger partial charge in [0.2, 0.25) is 0 Å². The van der Waals surface area contributed by atoms with Gasteiger partial charge in [0.25, 0.3) is 17.6 Å². The van der Waals surface area contributed by atoms with Crippen molar-refractivity contribution in [3.05, 3.63) is 59.5 Å². The molecular formula is C22H20FN3O4S. The summed E-state index contributed by atoms with van der Waals surface area (Å²) < 4.78 is 19.3. The van der Waals surface area contributed by atoms with Gasteiger partial charge in [-0.25, -0.2) is 4.39 Å². The number of thiol groups is 1. The Hall–Kier alpha value is -3.33. The van der Waals surface area contributed by atoms with Crippen molar-refractivity contribution in [1.29, 1.82) is 0 Å². The van der Waals surface area contributed by atoms with Crippen LogP contribution >= 0.6 is 12.6 Å². The average Bonchev–Trinajstić information content (AvgIpc) is 3.23. The number of hydrogen-bond donors (Lipinski definition) is 2. The zero-order chi connectivity index (χ0) is 22.1. The SMILES string of the molecule is COc1ccc(C(=O)N2CCN(C(=O)C(=O)c3c[nH]c4cccc(F)c34)CC2)c(S)c1. The van der Waals surface area contributed by atoms with E-state index in [0.717, 1.165) is 0 Å². The largest absolute Gasteiger partial charge is 0.497 e. The van der Waals surface area contributed by atoms with Gasteiger partial charge >= 0.3 is 0 Å². The summed E-state index contributed by atoms with van der Waals surface area (Å²) in [5.74, 6) is -1.65. The highest BCUT2D eigenvalue weighted by Crippen LogP contribution is 2.24. The van der Waals surface area contributed by atoms with Gasteiger partial charge in [0.15, 0.2) is 0 Å². The molecule has 0 bridgehead atoms. The topological polar surface area (TPSA) is 82.7 Å². The number of benzene rings is 2. The van der Waals surface area contributed by atoms with E-state index in [-0.39, 0.29) is 43.0 Å². The lowest BCUT2D eigenvalue weighted by Crippen LogP contribution is -2.52. The van der Waals surface area contributed by atoms with E-state index in [1.54, 1.807) is 29.2 Å². The molecule has 0 unspecified atom stereocenters. The van der Waals surface area contributed by atoms with Crippen molar-refractivity contribution in [2.45, 2.75) is 4.90 Å². The molecule has 31 heavy (non-hydrogen) atoms. The number of halogens is 1. The molecule has 4 rings (SSSR count). The number of hydrogen-bond acceptors (Lipinski definition) is 5. The quantitative estimate of drug-likeness (QED) is 0.371. The molecule has 1 N–H and O–H groups in total. The van der Waals surface area contributed by atoms with Gasteiger partial charge < -0.3 is 19.5 Å². The van der Waals surface area contributed by atoms with Crippen LogP contribution in [0.5, 0.6) is 5.75 Å². The average molecular weight is 441 g/mol. The minimum absolute atomic E-state index is 0.00885. The van der Waals surface area contributed by atoms with Crippen LogP contribution in [0.2, 0.25) is 0 Å². The molecule has 3 aromatic rings. The van der Waals surface area contributed by atoms with E-state index in [4.69, 9.17) is 4.74 Å². The van der Waals surface area contributed by atoms with Crippen LogP contribution in [0.25, 0.3) is 10.9 Å². The molecule has 0 atom stereocenters. The van der Waals surface area contributed by atoms with E-state index >= 15 is 0 Å². The smallest absolute Gasteiger partial charge is 0.295 e. The molecule has 1 aliphatic rings. The third-order valence-corrected chi connectivity index (χ3v) is 5.75. The number of Topliss-reactive ketones (excluding diaryl/α,β-unsaturated/α-hetero) is 1. The van der Waals surface area contributed by atoms with Crippen molar-refractivity contribution in [2.75, 3.05) is 33.3 Å². The van der Waals surface area contributed by atoms with Gasteiger partial charge in [-0.2, -0.15) is 0 Å². The number of H-pyrrole nitrogens is 1. The first-order valence-electron chi connectivity index (χ1n) is 9.66. The zero-order valence-electron chi connectivity index (χ0n) is 16.7. The lowest BCUT2D eigenvalue weighted by molar-refractivity contribution is -0.127. The predicted octanol–water partition coefficient (Wildman–Crippen LogP) is 2.77. The molecule has 2 aromatic carbocycles. The monoisotopic (exact) mass is 441 g/mol. The van der Waals surface area contributed by atoms with Crippen LogP contribution in [0.1, 0.15) is 20.7 Å². The number of carbonyl (C=O) groups is 3. The molecule has 9 heteroatoms. The summed E-state index contributed by atoms with van der Waals surface area (Å²) in [6, 6.07) is 9.41. The van der Waals surface area contributed by atoms with Crippen LogP contribution in [0.15, 0.2) is 47.5 Å². The van der Waals surface area contributed by atoms with E-state index in [2.05, 4.69) is 17.6 Å². The highest BCUT2D eigenvalue weighted by atomic mass is 32.1. The Labute approximate surface area is 183 Å². The Balaban J connectivity index is 1.44. The number of fused-ring (bicyclic) bond motifs is 1. The van der Waals surface area contributed by atoms with E-state index in [1.165, 1.54) is 30.3 Å². The van der Waals surface area contributed by atoms with Crippen molar-refractivity contribution in [3.8, 4) is 5.75 Å². The Kier molecular flexibility index (Phi) is 5.69. The fraction of sp³-hybridized carbons (Fsp3) is 0.227. The maximum Gasteiger partial charge on any atom is 0.295 e. The molecule has 2 amide bonds. The summed E-state index contributed by atoms with van der Waals surface area (Å²) in [7, 11) is 1.53. The third-order valence-electron chi connectivity index (χ3n) is 5.38. The van der Waals surface area contributed by atoms with Gasteiger partial charge in [-0.3, -0.25) is 14.4 Å². The lowest BCUT2D eigenvalue weighted by Gasteiger charge is -2.34. The Morgan fingerprint density at radius 1 is 1.03 bits per heavy atom. The number of rotatable bonds is 4. The number of aromatic nitrogens is 1. The third kappa shape index (κ3) is 3.88. The molecule has 1 aromatic heterocycles. The van der Waals surface area contributed by atoms with Crippen molar-refractivity contribution in [3.63, 3.8) is 0 Å². The van der Waals surface area contributed by atoms with Crippen molar-refractivity contribution >= 4 is 41.1 Å². The molecule has 1 saturated heterocycles. The Morgan fingerprint density at radius 2 is 1.74 bits per heavy atom. The molecule has 0 saturated carbocycles. The van der Waals surface area contributed by atoms with Gasteiger partial charge in [-0.05, 0) is 30.3 Å². The second-order valence-corrected chi connectivity index (χ2v) is 7.64. The van der Waals surface area contributed by atoms with E-state index in [0.29, 0.717) is 21.7 Å². The number of carbonyl (C=O) groups excluding carboxylic acids is 3. The summed E-state index contributed by atoms with van der Waals surface area (Å²) in [5.41, 5.74) is 0.900. The van der Waals surface area contributed by atoms with E-state index in [1.807, 2.05) is 0 Å². The van der Waals surface area contributed by atoms with Gasteiger partial charge in [0.05, 0.1) is 18.2 Å². The van der Waals surface area contributed by atoms with Gasteiger partial charge in [-0.1, -0.05) is 6.07 Å². The normalized spacial score (nSPS) is 14.0. The fourth-order valence-corrected chi connectivity index (χ4v) is 3.98. The fourth-order valence-electron chi connectivity index (χ4n) is 3.68. The molecule has 0 aliphatic carbocycles. The number of ketones is 1. The summed E-state index contributed by atoms with van der Waals surface area (Å²) in [4.78, 5) is 44.6. The summed E-state index contributed by atoms with van der Waals surface area (Å²) in [5, 5.41) is 0.107. The zero-order valence-corrected chi connectivity index (χ0v) is 17.6. The molecule has 7 nitrogen and oxygen atoms in total. The van der Waals surface area contributed by atoms with Crippen LogP contribution in [-0.2, 0) is 4.79 Å². The van der Waals surface area contributed by atoms with Gasteiger partial charge in [-0.15, -0.1) is 12.6 Å². The maximum absolute atomic E-state index is 14.2. The number of nitrogens with one attached hydrogen (secondary N) is 1. The molecule has 1 fully saturated rings. The highest BCUT2D eigenvalue weighted by Gasteiger charge is 2.31. The maximum atomic E-state index is 14.2. The van der Waals surface area contributed by atoms with Crippen LogP contribution in [0.4, 0.5) is 4.39 Å². The minimum atomic E-state index is -0.774. The number of ether oxygens (including phenoxy) is 1. The van der Waals surface area contributed by atoms with Crippen molar-refractivity contribution in [2.24, 2.45) is 0 Å². The Bertz CT molecular complexity index is 1180. The first kappa shape index (κ1) is 20.9. The van der Waals surface area contributed by atoms with Crippen LogP contribution < -0.4 is 4.74 Å². The van der Waals surface area contributed by atoms with E-state index < -0.39 is 17.5 Å². The molecule has 2 heterocycles. The number of nitrogens with zero attached hydrogens (tertiary/aromatic N) is 2. The summed E-state index contributed by atoms with van der Waals surface area (Å²) in [6.45, 7) is 0.969. The van der Waals surface area contributed by atoms with Crippen LogP contribution in [-0.4, -0.2) is 65.7 Å². The standard InChI is InChI=1S/C22H20FN3O4S/c1-30-13-5-6-14(18(31)11-13)21(28)25-7-9-26(10-8-25)22(29)20(27)15-12-24-17-4-2-3-16(23)19(15)17/h2-6,11-12,24,31H,7-10H2,1H3.